The summed E-state index contributed by atoms with van der Waals surface area (Å²) in [5, 5.41) is 2.84. The minimum Gasteiger partial charge on any atom is -0.467 e. The molecule has 0 saturated carbocycles. The molecular formula is C33H35NO7. The molecule has 1 aliphatic carbocycles. The van der Waals surface area contributed by atoms with Gasteiger partial charge in [-0.1, -0.05) is 48.5 Å². The van der Waals surface area contributed by atoms with E-state index in [9.17, 15) is 14.4 Å². The molecule has 1 fully saturated rings. The number of fused-ring (bicyclic) bond motifs is 3. The number of aldehydes is 1. The number of aryl methyl sites for hydroxylation is 1. The van der Waals surface area contributed by atoms with Gasteiger partial charge in [-0.2, -0.15) is 0 Å². The fraction of sp³-hybridized carbons (Fsp3) is 0.364. The minimum atomic E-state index is -0.628. The van der Waals surface area contributed by atoms with Crippen LogP contribution in [0.4, 0.5) is 4.79 Å². The summed E-state index contributed by atoms with van der Waals surface area (Å²) in [5.74, 6) is 0.203. The maximum absolute atomic E-state index is 12.4. The Morgan fingerprint density at radius 3 is 2.41 bits per heavy atom. The van der Waals surface area contributed by atoms with Gasteiger partial charge in [-0.15, -0.1) is 0 Å². The van der Waals surface area contributed by atoms with Gasteiger partial charge in [-0.05, 0) is 78.1 Å². The second-order valence-corrected chi connectivity index (χ2v) is 10.3. The van der Waals surface area contributed by atoms with Gasteiger partial charge in [-0.25, -0.2) is 9.59 Å². The van der Waals surface area contributed by atoms with Gasteiger partial charge in [0.05, 0.1) is 7.11 Å². The van der Waals surface area contributed by atoms with Gasteiger partial charge in [0.1, 0.15) is 18.6 Å². The van der Waals surface area contributed by atoms with Crippen molar-refractivity contribution in [3.63, 3.8) is 0 Å². The van der Waals surface area contributed by atoms with Crippen LogP contribution in [0.15, 0.2) is 66.7 Å². The highest BCUT2D eigenvalue weighted by Gasteiger charge is 2.30. The van der Waals surface area contributed by atoms with Crippen molar-refractivity contribution in [2.75, 3.05) is 20.3 Å². The molecule has 8 nitrogen and oxygen atoms in total. The molecule has 1 aliphatic heterocycles. The molecule has 0 aromatic heterocycles. The Morgan fingerprint density at radius 1 is 0.976 bits per heavy atom. The number of ether oxygens (including phenoxy) is 4. The Kier molecular flexibility index (Phi) is 9.31. The number of hydrogen-bond donors (Lipinski definition) is 1. The highest BCUT2D eigenvalue weighted by molar-refractivity contribution is 5.79. The van der Waals surface area contributed by atoms with E-state index in [1.807, 2.05) is 30.3 Å². The predicted molar refractivity (Wildman–Crippen MR) is 153 cm³/mol. The van der Waals surface area contributed by atoms with E-state index in [0.717, 1.165) is 31.1 Å². The van der Waals surface area contributed by atoms with Gasteiger partial charge < -0.3 is 24.3 Å². The minimum absolute atomic E-state index is 0.0229. The summed E-state index contributed by atoms with van der Waals surface area (Å²) in [5.41, 5.74) is 6.20. The van der Waals surface area contributed by atoms with E-state index >= 15 is 0 Å². The van der Waals surface area contributed by atoms with E-state index in [1.165, 1.54) is 29.4 Å². The fourth-order valence-corrected chi connectivity index (χ4v) is 5.60. The molecule has 3 aromatic carbocycles. The molecule has 5 rings (SSSR count). The zero-order valence-electron chi connectivity index (χ0n) is 23.2. The number of carbonyl (C=O) groups is 3. The van der Waals surface area contributed by atoms with Crippen LogP contribution in [0.25, 0.3) is 11.1 Å². The average Bonchev–Trinajstić information content (AvgIpc) is 3.33. The second kappa shape index (κ2) is 13.5. The van der Waals surface area contributed by atoms with Gasteiger partial charge in [-0.3, -0.25) is 4.79 Å². The molecular weight excluding hydrogens is 522 g/mol. The highest BCUT2D eigenvalue weighted by atomic mass is 16.7. The Labute approximate surface area is 239 Å². The zero-order valence-corrected chi connectivity index (χ0v) is 23.2. The summed E-state index contributed by atoms with van der Waals surface area (Å²) < 4.78 is 22.1. The van der Waals surface area contributed by atoms with Crippen molar-refractivity contribution >= 4 is 18.3 Å². The third kappa shape index (κ3) is 6.77. The van der Waals surface area contributed by atoms with Crippen LogP contribution in [-0.4, -0.2) is 51.0 Å². The van der Waals surface area contributed by atoms with Crippen molar-refractivity contribution in [1.29, 1.82) is 0 Å². The number of alkyl carbamates (subject to hydrolysis) is 1. The van der Waals surface area contributed by atoms with Crippen LogP contribution >= 0.6 is 0 Å². The number of benzene rings is 3. The normalized spacial score (nSPS) is 17.7. The summed E-state index contributed by atoms with van der Waals surface area (Å²) >= 11 is 0. The van der Waals surface area contributed by atoms with E-state index in [1.54, 1.807) is 12.1 Å². The van der Waals surface area contributed by atoms with Crippen LogP contribution in [0, 0.1) is 0 Å². The number of carbonyl (C=O) groups excluding carboxylic acids is 3. The van der Waals surface area contributed by atoms with Crippen LogP contribution in [0.2, 0.25) is 0 Å². The standard InChI is InChI=1S/C33H35NO7/c1-38-32(36)30-14-8-15-31(41-30)40-24-17-16-23(20-35)22(19-24)9-6-7-18-34-33(37)39-21-29-27-12-4-2-10-25(27)26-11-3-5-13-28(26)29/h2-5,10-13,16-17,19-20,29-31H,6-9,14-15,18,21H2,1H3,(H,34,37)/t30-,31+/m0/s1. The van der Waals surface area contributed by atoms with Crippen LogP contribution < -0.4 is 10.1 Å². The Morgan fingerprint density at radius 2 is 1.71 bits per heavy atom. The zero-order chi connectivity index (χ0) is 28.6. The number of amides is 1. The molecule has 3 aromatic rings. The number of esters is 1. The first kappa shape index (κ1) is 28.4. The Bertz CT molecular complexity index is 1340. The molecule has 1 heterocycles. The molecule has 8 heteroatoms. The van der Waals surface area contributed by atoms with Gasteiger partial charge in [0.15, 0.2) is 6.10 Å². The van der Waals surface area contributed by atoms with Gasteiger partial charge in [0.2, 0.25) is 6.29 Å². The van der Waals surface area contributed by atoms with Crippen molar-refractivity contribution in [1.82, 2.24) is 5.32 Å². The number of hydrogen-bond acceptors (Lipinski definition) is 7. The second-order valence-electron chi connectivity index (χ2n) is 10.3. The molecule has 1 N–H and O–H groups in total. The molecule has 2 atom stereocenters. The van der Waals surface area contributed by atoms with E-state index in [0.29, 0.717) is 37.1 Å². The SMILES string of the molecule is COC(=O)[C@@H]1CCC[C@H](Oc2ccc(C=O)c(CCCCNC(=O)OCC3c4ccccc4-c4ccccc43)c2)O1. The molecule has 2 aliphatic rings. The number of unbranched alkanes of at least 4 members (excludes halogenated alkanes) is 1. The molecule has 0 unspecified atom stereocenters. The molecule has 0 radical (unpaired) electrons. The van der Waals surface area contributed by atoms with Crippen LogP contribution in [-0.2, 0) is 25.4 Å². The molecule has 41 heavy (non-hydrogen) atoms. The van der Waals surface area contributed by atoms with Crippen molar-refractivity contribution < 1.29 is 33.3 Å². The highest BCUT2D eigenvalue weighted by Crippen LogP contribution is 2.44. The molecule has 214 valence electrons. The maximum atomic E-state index is 12.4. The lowest BCUT2D eigenvalue weighted by molar-refractivity contribution is -0.183. The summed E-state index contributed by atoms with van der Waals surface area (Å²) in [6.07, 6.45) is 3.41. The van der Waals surface area contributed by atoms with Crippen molar-refractivity contribution in [2.24, 2.45) is 0 Å². The fourth-order valence-electron chi connectivity index (χ4n) is 5.60. The van der Waals surface area contributed by atoms with E-state index in [-0.39, 0.29) is 12.5 Å². The number of methoxy groups -OCH3 is 1. The van der Waals surface area contributed by atoms with Crippen molar-refractivity contribution in [3.8, 4) is 16.9 Å². The largest absolute Gasteiger partial charge is 0.467 e. The predicted octanol–water partition coefficient (Wildman–Crippen LogP) is 5.81. The third-order valence-electron chi connectivity index (χ3n) is 7.68. The smallest absolute Gasteiger partial charge is 0.407 e. The summed E-state index contributed by atoms with van der Waals surface area (Å²) in [4.78, 5) is 35.9. The van der Waals surface area contributed by atoms with Gasteiger partial charge in [0, 0.05) is 24.4 Å². The van der Waals surface area contributed by atoms with E-state index in [4.69, 9.17) is 18.9 Å². The van der Waals surface area contributed by atoms with Crippen LogP contribution in [0.1, 0.15) is 65.1 Å². The molecule has 0 bridgehead atoms. The van der Waals surface area contributed by atoms with Gasteiger partial charge >= 0.3 is 12.1 Å². The first-order valence-corrected chi connectivity index (χ1v) is 14.1. The lowest BCUT2D eigenvalue weighted by Gasteiger charge is -2.28. The van der Waals surface area contributed by atoms with Crippen molar-refractivity contribution in [3.05, 3.63) is 89.0 Å². The number of nitrogens with one attached hydrogen (secondary N) is 1. The first-order chi connectivity index (χ1) is 20.1. The molecule has 0 spiro atoms. The summed E-state index contributed by atoms with van der Waals surface area (Å²) in [6, 6.07) is 21.8. The van der Waals surface area contributed by atoms with E-state index < -0.39 is 24.5 Å². The van der Waals surface area contributed by atoms with Crippen LogP contribution in [0.3, 0.4) is 0 Å². The summed E-state index contributed by atoms with van der Waals surface area (Å²) in [7, 11) is 1.34. The molecule has 1 amide bonds. The Hall–Kier alpha value is -4.17. The van der Waals surface area contributed by atoms with Crippen LogP contribution in [0.5, 0.6) is 5.75 Å². The monoisotopic (exact) mass is 557 g/mol. The van der Waals surface area contributed by atoms with E-state index in [2.05, 4.69) is 29.6 Å². The van der Waals surface area contributed by atoms with Gasteiger partial charge in [0.25, 0.3) is 0 Å². The quantitative estimate of drug-likeness (QED) is 0.180. The topological polar surface area (TPSA) is 100 Å². The third-order valence-corrected chi connectivity index (χ3v) is 7.68. The lowest BCUT2D eigenvalue weighted by atomic mass is 9.98. The maximum Gasteiger partial charge on any atom is 0.407 e. The average molecular weight is 558 g/mol. The Balaban J connectivity index is 1.07. The lowest BCUT2D eigenvalue weighted by Crippen LogP contribution is -2.37. The van der Waals surface area contributed by atoms with Crippen molar-refractivity contribution in [2.45, 2.75) is 56.8 Å². The first-order valence-electron chi connectivity index (χ1n) is 14.1. The summed E-state index contributed by atoms with van der Waals surface area (Å²) in [6.45, 7) is 0.745. The number of rotatable bonds is 11. The molecule has 1 saturated heterocycles.